The Morgan fingerprint density at radius 2 is 2.50 bits per heavy atom. The highest BCUT2D eigenvalue weighted by Gasteiger charge is 2.38. The molecule has 6 heteroatoms. The van der Waals surface area contributed by atoms with E-state index < -0.39 is 24.5 Å². The van der Waals surface area contributed by atoms with E-state index in [4.69, 9.17) is 10.2 Å². The largest absolute Gasteiger partial charge is 0.439 e. The van der Waals surface area contributed by atoms with Crippen molar-refractivity contribution < 1.29 is 24.5 Å². The minimum absolute atomic E-state index is 0.295. The van der Waals surface area contributed by atoms with Crippen LogP contribution in [0.15, 0.2) is 0 Å². The number of aliphatic hydroxyl groups excluding tert-OH is 2. The lowest BCUT2D eigenvalue weighted by molar-refractivity contribution is -0.142. The summed E-state index contributed by atoms with van der Waals surface area (Å²) in [7, 11) is 1.28. The molecule has 3 atom stereocenters. The van der Waals surface area contributed by atoms with Crippen molar-refractivity contribution in [2.75, 3.05) is 13.7 Å². The van der Waals surface area contributed by atoms with Gasteiger partial charge in [-0.2, -0.15) is 0 Å². The molecule has 0 saturated carbocycles. The highest BCUT2D eigenvalue weighted by molar-refractivity contribution is 5.70. The van der Waals surface area contributed by atoms with Gasteiger partial charge in [0.1, 0.15) is 0 Å². The molecule has 3 N–H and O–H groups in total. The summed E-state index contributed by atoms with van der Waals surface area (Å²) < 4.78 is 9.17. The summed E-state index contributed by atoms with van der Waals surface area (Å²) in [6.45, 7) is -0.295. The average Bonchev–Trinajstić information content (AvgIpc) is 2.45. The lowest BCUT2D eigenvalue weighted by atomic mass is 10.2. The van der Waals surface area contributed by atoms with E-state index in [0.29, 0.717) is 0 Å². The zero-order valence-corrected chi connectivity index (χ0v) is 6.56. The Morgan fingerprint density at radius 3 is 3.00 bits per heavy atom. The molecule has 0 aromatic heterocycles. The van der Waals surface area contributed by atoms with Gasteiger partial charge in [0.2, 0.25) is 0 Å². The molecule has 0 radical (unpaired) electrons. The Balaban J connectivity index is 2.56. The molecular weight excluding hydrogens is 166 g/mol. The molecule has 0 bridgehead atoms. The van der Waals surface area contributed by atoms with E-state index in [2.05, 4.69) is 14.8 Å². The molecule has 1 aliphatic rings. The molecule has 0 aromatic rings. The monoisotopic (exact) mass is 177 g/mol. The van der Waals surface area contributed by atoms with Crippen LogP contribution in [0.4, 0.5) is 4.79 Å². The number of alkyl carbamates (subject to hydrolysis) is 1. The molecular formula is C6H11NO5. The van der Waals surface area contributed by atoms with Gasteiger partial charge in [0.05, 0.1) is 12.6 Å². The van der Waals surface area contributed by atoms with Crippen molar-refractivity contribution in [2.45, 2.75) is 18.4 Å². The van der Waals surface area contributed by atoms with Crippen molar-refractivity contribution in [1.29, 1.82) is 0 Å². The smallest absolute Gasteiger partial charge is 0.408 e. The number of amides is 1. The van der Waals surface area contributed by atoms with E-state index in [1.807, 2.05) is 0 Å². The Morgan fingerprint density at radius 1 is 1.83 bits per heavy atom. The van der Waals surface area contributed by atoms with E-state index in [1.54, 1.807) is 0 Å². The van der Waals surface area contributed by atoms with E-state index in [-0.39, 0.29) is 6.61 Å². The third kappa shape index (κ3) is 1.66. The standard InChI is InChI=1S/C6H11NO5/c1-11-5(9)4-3(2-8)7-6(10)12-4/h3-5,8-9H,2H2,1H3,(H,7,10). The van der Waals surface area contributed by atoms with E-state index in [1.165, 1.54) is 7.11 Å². The Hall–Kier alpha value is -0.850. The topological polar surface area (TPSA) is 88.0 Å². The van der Waals surface area contributed by atoms with Crippen molar-refractivity contribution >= 4 is 6.09 Å². The normalized spacial score (nSPS) is 31.1. The number of ether oxygens (including phenoxy) is 2. The lowest BCUT2D eigenvalue weighted by Crippen LogP contribution is -2.42. The van der Waals surface area contributed by atoms with Crippen LogP contribution < -0.4 is 5.32 Å². The number of hydrogen-bond acceptors (Lipinski definition) is 5. The van der Waals surface area contributed by atoms with Crippen molar-refractivity contribution in [1.82, 2.24) is 5.32 Å². The summed E-state index contributed by atoms with van der Waals surface area (Å²) in [4.78, 5) is 10.6. The predicted octanol–water partition coefficient (Wildman–Crippen LogP) is -1.58. The van der Waals surface area contributed by atoms with Gasteiger partial charge in [0.15, 0.2) is 12.4 Å². The minimum Gasteiger partial charge on any atom is -0.439 e. The molecule has 6 nitrogen and oxygen atoms in total. The number of nitrogens with one attached hydrogen (secondary N) is 1. The van der Waals surface area contributed by atoms with Crippen LogP contribution in [0.2, 0.25) is 0 Å². The van der Waals surface area contributed by atoms with Crippen molar-refractivity contribution in [3.8, 4) is 0 Å². The number of cyclic esters (lactones) is 1. The summed E-state index contributed by atoms with van der Waals surface area (Å²) in [5, 5.41) is 20.2. The third-order valence-electron chi connectivity index (χ3n) is 1.66. The second kappa shape index (κ2) is 3.70. The van der Waals surface area contributed by atoms with Gasteiger partial charge >= 0.3 is 6.09 Å². The second-order valence-electron chi connectivity index (χ2n) is 2.43. The Labute approximate surface area is 69.1 Å². The summed E-state index contributed by atoms with van der Waals surface area (Å²) in [6.07, 6.45) is -2.70. The molecule has 3 unspecified atom stereocenters. The number of aliphatic hydroxyl groups is 2. The van der Waals surface area contributed by atoms with Gasteiger partial charge in [-0.1, -0.05) is 0 Å². The first-order valence-corrected chi connectivity index (χ1v) is 3.48. The summed E-state index contributed by atoms with van der Waals surface area (Å²) in [6, 6.07) is -0.604. The zero-order valence-electron chi connectivity index (χ0n) is 6.56. The van der Waals surface area contributed by atoms with Gasteiger partial charge < -0.3 is 25.0 Å². The fourth-order valence-corrected chi connectivity index (χ4v) is 1.01. The van der Waals surface area contributed by atoms with Crippen LogP contribution >= 0.6 is 0 Å². The number of hydrogen-bond donors (Lipinski definition) is 3. The quantitative estimate of drug-likeness (QED) is 0.453. The number of methoxy groups -OCH3 is 1. The molecule has 1 aliphatic heterocycles. The lowest BCUT2D eigenvalue weighted by Gasteiger charge is -2.18. The molecule has 1 saturated heterocycles. The Kier molecular flexibility index (Phi) is 2.85. The van der Waals surface area contributed by atoms with Gasteiger partial charge in [-0.15, -0.1) is 0 Å². The van der Waals surface area contributed by atoms with Crippen LogP contribution in [-0.4, -0.2) is 48.5 Å². The van der Waals surface area contributed by atoms with Crippen molar-refractivity contribution in [2.24, 2.45) is 0 Å². The van der Waals surface area contributed by atoms with Gasteiger partial charge in [-0.3, -0.25) is 0 Å². The van der Waals surface area contributed by atoms with E-state index >= 15 is 0 Å². The maximum absolute atomic E-state index is 10.6. The number of carbonyl (C=O) groups excluding carboxylic acids is 1. The van der Waals surface area contributed by atoms with Crippen LogP contribution in [0, 0.1) is 0 Å². The molecule has 0 aromatic carbocycles. The fourth-order valence-electron chi connectivity index (χ4n) is 1.01. The minimum atomic E-state index is -1.21. The van der Waals surface area contributed by atoms with E-state index in [9.17, 15) is 4.79 Å². The third-order valence-corrected chi connectivity index (χ3v) is 1.66. The van der Waals surface area contributed by atoms with Crippen LogP contribution in [0.3, 0.4) is 0 Å². The maximum Gasteiger partial charge on any atom is 0.408 e. The van der Waals surface area contributed by atoms with Crippen LogP contribution in [0.1, 0.15) is 0 Å². The first-order valence-electron chi connectivity index (χ1n) is 3.48. The fraction of sp³-hybridized carbons (Fsp3) is 0.833. The molecule has 0 spiro atoms. The van der Waals surface area contributed by atoms with Crippen LogP contribution in [-0.2, 0) is 9.47 Å². The molecule has 12 heavy (non-hydrogen) atoms. The van der Waals surface area contributed by atoms with Crippen LogP contribution in [0.5, 0.6) is 0 Å². The van der Waals surface area contributed by atoms with Crippen molar-refractivity contribution in [3.05, 3.63) is 0 Å². The highest BCUT2D eigenvalue weighted by atomic mass is 16.6. The summed E-state index contributed by atoms with van der Waals surface area (Å²) >= 11 is 0. The second-order valence-corrected chi connectivity index (χ2v) is 2.43. The predicted molar refractivity (Wildman–Crippen MR) is 37.3 cm³/mol. The average molecular weight is 177 g/mol. The molecule has 70 valence electrons. The summed E-state index contributed by atoms with van der Waals surface area (Å²) in [5.41, 5.74) is 0. The van der Waals surface area contributed by atoms with E-state index in [0.717, 1.165) is 0 Å². The highest BCUT2D eigenvalue weighted by Crippen LogP contribution is 2.12. The SMILES string of the molecule is COC(O)C1OC(=O)NC1CO. The summed E-state index contributed by atoms with van der Waals surface area (Å²) in [5.74, 6) is 0. The molecule has 1 fully saturated rings. The zero-order chi connectivity index (χ0) is 9.14. The first kappa shape index (κ1) is 9.24. The molecule has 1 rings (SSSR count). The maximum atomic E-state index is 10.6. The van der Waals surface area contributed by atoms with Gasteiger partial charge in [-0.25, -0.2) is 4.79 Å². The van der Waals surface area contributed by atoms with Crippen LogP contribution in [0.25, 0.3) is 0 Å². The van der Waals surface area contributed by atoms with Gasteiger partial charge in [0, 0.05) is 7.11 Å². The number of carbonyl (C=O) groups is 1. The van der Waals surface area contributed by atoms with Gasteiger partial charge in [0.25, 0.3) is 0 Å². The molecule has 1 heterocycles. The number of rotatable bonds is 3. The first-order chi connectivity index (χ1) is 5.69. The van der Waals surface area contributed by atoms with Crippen molar-refractivity contribution in [3.63, 3.8) is 0 Å². The Bertz CT molecular complexity index is 173. The molecule has 1 amide bonds. The molecule has 0 aliphatic carbocycles. The van der Waals surface area contributed by atoms with Gasteiger partial charge in [-0.05, 0) is 0 Å².